The van der Waals surface area contributed by atoms with Crippen molar-refractivity contribution in [2.24, 2.45) is 0 Å². The van der Waals surface area contributed by atoms with E-state index in [1.807, 2.05) is 0 Å². The van der Waals surface area contributed by atoms with E-state index >= 15 is 0 Å². The highest BCUT2D eigenvalue weighted by Gasteiger charge is 2.47. The molecule has 0 spiro atoms. The zero-order valence-corrected chi connectivity index (χ0v) is 13.7. The van der Waals surface area contributed by atoms with Crippen molar-refractivity contribution >= 4 is 23.4 Å². The molecule has 0 unspecified atom stereocenters. The van der Waals surface area contributed by atoms with Gasteiger partial charge in [-0.1, -0.05) is 23.7 Å². The van der Waals surface area contributed by atoms with Crippen LogP contribution in [0.25, 0.3) is 0 Å². The summed E-state index contributed by atoms with van der Waals surface area (Å²) in [5.74, 6) is 2.08. The third kappa shape index (κ3) is 2.68. The molecule has 5 nitrogen and oxygen atoms in total. The summed E-state index contributed by atoms with van der Waals surface area (Å²) in [4.78, 5) is 8.68. The van der Waals surface area contributed by atoms with Crippen LogP contribution in [0.4, 0.5) is 11.8 Å². The van der Waals surface area contributed by atoms with E-state index in [2.05, 4.69) is 45.7 Å². The van der Waals surface area contributed by atoms with E-state index in [9.17, 15) is 0 Å². The van der Waals surface area contributed by atoms with Crippen molar-refractivity contribution in [3.8, 4) is 5.75 Å². The normalized spacial score (nSPS) is 15.3. The molecule has 0 atom stereocenters. The van der Waals surface area contributed by atoms with Crippen LogP contribution in [0, 0.1) is 6.92 Å². The molecule has 0 saturated heterocycles. The lowest BCUT2D eigenvalue weighted by Gasteiger charge is -2.21. The van der Waals surface area contributed by atoms with Crippen molar-refractivity contribution in [3.63, 3.8) is 0 Å². The Balaban J connectivity index is 1.92. The molecule has 1 aromatic carbocycles. The Kier molecular flexibility index (Phi) is 3.83. The van der Waals surface area contributed by atoms with Crippen molar-refractivity contribution in [2.45, 2.75) is 25.3 Å². The van der Waals surface area contributed by atoms with Gasteiger partial charge in [0.1, 0.15) is 16.6 Å². The summed E-state index contributed by atoms with van der Waals surface area (Å²) in [5, 5.41) is 6.91. The Morgan fingerprint density at radius 2 is 2.09 bits per heavy atom. The molecule has 0 radical (unpaired) electrons. The summed E-state index contributed by atoms with van der Waals surface area (Å²) in [7, 11) is 3.49. The van der Waals surface area contributed by atoms with E-state index in [0.717, 1.165) is 24.2 Å². The minimum Gasteiger partial charge on any atom is -0.496 e. The van der Waals surface area contributed by atoms with Crippen LogP contribution in [0.15, 0.2) is 24.4 Å². The van der Waals surface area contributed by atoms with Gasteiger partial charge in [-0.05, 0) is 31.4 Å². The smallest absolute Gasteiger partial charge is 0.225 e. The summed E-state index contributed by atoms with van der Waals surface area (Å²) in [5.41, 5.74) is 2.17. The summed E-state index contributed by atoms with van der Waals surface area (Å²) < 4.78 is 5.54. The first-order chi connectivity index (χ1) is 10.6. The van der Waals surface area contributed by atoms with Crippen LogP contribution in [-0.2, 0) is 5.54 Å². The Hall–Kier alpha value is -2.01. The van der Waals surface area contributed by atoms with E-state index in [0.29, 0.717) is 16.8 Å². The van der Waals surface area contributed by atoms with Gasteiger partial charge in [0.15, 0.2) is 0 Å². The van der Waals surface area contributed by atoms with Crippen LogP contribution in [0.1, 0.15) is 24.0 Å². The molecule has 6 heteroatoms. The summed E-state index contributed by atoms with van der Waals surface area (Å²) in [6, 6.07) is 6.27. The monoisotopic (exact) mass is 318 g/mol. The highest BCUT2D eigenvalue weighted by atomic mass is 35.5. The van der Waals surface area contributed by atoms with E-state index in [4.69, 9.17) is 16.3 Å². The first kappa shape index (κ1) is 14.9. The van der Waals surface area contributed by atoms with Gasteiger partial charge < -0.3 is 15.4 Å². The van der Waals surface area contributed by atoms with E-state index in [1.54, 1.807) is 20.4 Å². The summed E-state index contributed by atoms with van der Waals surface area (Å²) in [6.45, 7) is 2.06. The quantitative estimate of drug-likeness (QED) is 0.882. The molecule has 2 N–H and O–H groups in total. The van der Waals surface area contributed by atoms with Gasteiger partial charge in [0.05, 0.1) is 18.8 Å². The van der Waals surface area contributed by atoms with Gasteiger partial charge in [0.25, 0.3) is 0 Å². The first-order valence-corrected chi connectivity index (χ1v) is 7.59. The lowest BCUT2D eigenvalue weighted by molar-refractivity contribution is 0.405. The van der Waals surface area contributed by atoms with E-state index in [1.165, 1.54) is 5.56 Å². The van der Waals surface area contributed by atoms with Gasteiger partial charge in [-0.15, -0.1) is 0 Å². The minimum atomic E-state index is -0.155. The van der Waals surface area contributed by atoms with Crippen LogP contribution in [0.2, 0.25) is 5.02 Å². The Bertz CT molecular complexity index is 701. The first-order valence-electron chi connectivity index (χ1n) is 7.21. The predicted octanol–water partition coefficient (Wildman–Crippen LogP) is 3.59. The standard InChI is InChI=1S/C16H19ClN4O/c1-10-4-5-11(13(8-10)22-3)16(6-7-16)21-15-19-9-12(17)14(18-2)20-15/h4-5,8-9H,6-7H2,1-3H3,(H2,18,19,20,21). The van der Waals surface area contributed by atoms with Crippen molar-refractivity contribution in [3.05, 3.63) is 40.5 Å². The van der Waals surface area contributed by atoms with Gasteiger partial charge in [0.2, 0.25) is 5.95 Å². The van der Waals surface area contributed by atoms with Gasteiger partial charge in [-0.2, -0.15) is 4.98 Å². The lowest BCUT2D eigenvalue weighted by Crippen LogP contribution is -2.21. The maximum atomic E-state index is 6.03. The molecule has 1 aliphatic carbocycles. The second-order valence-corrected chi connectivity index (χ2v) is 5.96. The van der Waals surface area contributed by atoms with E-state index < -0.39 is 0 Å². The Labute approximate surface area is 135 Å². The molecule has 1 aliphatic rings. The fourth-order valence-electron chi connectivity index (χ4n) is 2.60. The SMILES string of the molecule is CNc1nc(NC2(c3ccc(C)cc3OC)CC2)ncc1Cl. The molecule has 1 heterocycles. The summed E-state index contributed by atoms with van der Waals surface area (Å²) in [6.07, 6.45) is 3.64. The molecule has 0 amide bonds. The highest BCUT2D eigenvalue weighted by molar-refractivity contribution is 6.32. The molecule has 116 valence electrons. The van der Waals surface area contributed by atoms with Crippen LogP contribution >= 0.6 is 11.6 Å². The Morgan fingerprint density at radius 1 is 1.32 bits per heavy atom. The summed E-state index contributed by atoms with van der Waals surface area (Å²) >= 11 is 6.03. The lowest BCUT2D eigenvalue weighted by atomic mass is 10.0. The van der Waals surface area contributed by atoms with Crippen molar-refractivity contribution in [2.75, 3.05) is 24.8 Å². The van der Waals surface area contributed by atoms with Gasteiger partial charge in [-0.25, -0.2) is 4.98 Å². The zero-order valence-electron chi connectivity index (χ0n) is 12.9. The second kappa shape index (κ2) is 5.65. The average molecular weight is 319 g/mol. The molecule has 3 rings (SSSR count). The number of benzene rings is 1. The van der Waals surface area contributed by atoms with Crippen LogP contribution in [-0.4, -0.2) is 24.1 Å². The average Bonchev–Trinajstić information content (AvgIpc) is 3.29. The molecule has 22 heavy (non-hydrogen) atoms. The number of aryl methyl sites for hydroxylation is 1. The van der Waals surface area contributed by atoms with Gasteiger partial charge in [0, 0.05) is 12.6 Å². The Morgan fingerprint density at radius 3 is 2.73 bits per heavy atom. The van der Waals surface area contributed by atoms with Crippen molar-refractivity contribution < 1.29 is 4.74 Å². The number of anilines is 2. The third-order valence-electron chi connectivity index (χ3n) is 3.95. The number of aromatic nitrogens is 2. The molecule has 0 aliphatic heterocycles. The van der Waals surface area contributed by atoms with Gasteiger partial charge in [-0.3, -0.25) is 0 Å². The fourth-order valence-corrected chi connectivity index (χ4v) is 2.78. The fraction of sp³-hybridized carbons (Fsp3) is 0.375. The van der Waals surface area contributed by atoms with Crippen LogP contribution in [0.3, 0.4) is 0 Å². The maximum Gasteiger partial charge on any atom is 0.225 e. The number of hydrogen-bond donors (Lipinski definition) is 2. The van der Waals surface area contributed by atoms with Crippen molar-refractivity contribution in [1.29, 1.82) is 0 Å². The van der Waals surface area contributed by atoms with Crippen LogP contribution in [0.5, 0.6) is 5.75 Å². The largest absolute Gasteiger partial charge is 0.496 e. The number of halogens is 1. The maximum absolute atomic E-state index is 6.03. The number of nitrogens with one attached hydrogen (secondary N) is 2. The van der Waals surface area contributed by atoms with Crippen molar-refractivity contribution in [1.82, 2.24) is 9.97 Å². The zero-order chi connectivity index (χ0) is 15.7. The number of rotatable bonds is 5. The van der Waals surface area contributed by atoms with Crippen LogP contribution < -0.4 is 15.4 Å². The molecule has 0 bridgehead atoms. The highest BCUT2D eigenvalue weighted by Crippen LogP contribution is 2.51. The third-order valence-corrected chi connectivity index (χ3v) is 4.23. The number of nitrogens with zero attached hydrogens (tertiary/aromatic N) is 2. The van der Waals surface area contributed by atoms with E-state index in [-0.39, 0.29) is 5.54 Å². The predicted molar refractivity (Wildman–Crippen MR) is 88.9 cm³/mol. The second-order valence-electron chi connectivity index (χ2n) is 5.55. The molecular weight excluding hydrogens is 300 g/mol. The molecule has 1 saturated carbocycles. The minimum absolute atomic E-state index is 0.155. The number of ether oxygens (including phenoxy) is 1. The molecule has 1 aromatic heterocycles. The topological polar surface area (TPSA) is 59.1 Å². The number of methoxy groups -OCH3 is 1. The molecule has 2 aromatic rings. The molecule has 1 fully saturated rings. The molecular formula is C16H19ClN4O. The number of hydrogen-bond acceptors (Lipinski definition) is 5. The van der Waals surface area contributed by atoms with Gasteiger partial charge >= 0.3 is 0 Å².